The van der Waals surface area contributed by atoms with Gasteiger partial charge in [-0.25, -0.2) is 21.2 Å². The van der Waals surface area contributed by atoms with Crippen molar-refractivity contribution in [2.75, 3.05) is 77.3 Å². The SMILES string of the molecule is Cc1cc(S(=O)(=O)Nc2ccc(N3CCN(c4cccc(-c5c(C(=O)NC[SH](=O)=O)c(C)n(C)c5-c5ccc(F)cc5)c4)CC3)cc2)ccc1N[C@H](CCN1CCC(C)(O)CC1)CSc1ccccc1. The number of anilines is 4. The van der Waals surface area contributed by atoms with E-state index in [0.29, 0.717) is 59.9 Å². The number of hydrogen-bond acceptors (Lipinski definition) is 11. The Labute approximate surface area is 417 Å². The number of sulfonamides is 1. The van der Waals surface area contributed by atoms with Crippen LogP contribution in [-0.2, 0) is 27.8 Å². The topological polar surface area (TPSA) is 156 Å². The van der Waals surface area contributed by atoms with E-state index in [-0.39, 0.29) is 16.8 Å². The third-order valence-corrected chi connectivity index (χ3v) is 16.4. The van der Waals surface area contributed by atoms with Gasteiger partial charge in [0, 0.05) is 104 Å². The molecule has 5 aromatic carbocycles. The number of likely N-dealkylation sites (tertiary alicyclic amines) is 1. The fourth-order valence-electron chi connectivity index (χ4n) is 9.26. The van der Waals surface area contributed by atoms with E-state index in [1.807, 2.05) is 86.1 Å². The highest BCUT2D eigenvalue weighted by Crippen LogP contribution is 2.40. The number of carbonyl (C=O) groups excluding carboxylic acids is 1. The summed E-state index contributed by atoms with van der Waals surface area (Å²) in [7, 11) is -4.89. The number of rotatable bonds is 18. The molecule has 1 atom stereocenters. The highest BCUT2D eigenvalue weighted by Gasteiger charge is 2.29. The number of thioether (sulfide) groups is 1. The molecule has 17 heteroatoms. The Bertz CT molecular complexity index is 2960. The van der Waals surface area contributed by atoms with Crippen LogP contribution in [0.25, 0.3) is 22.4 Å². The van der Waals surface area contributed by atoms with Gasteiger partial charge >= 0.3 is 0 Å². The van der Waals surface area contributed by atoms with E-state index in [1.165, 1.54) is 17.0 Å². The number of piperidine rings is 1. The molecular formula is C53H62FN7O6S3. The molecule has 6 aromatic rings. The molecule has 3 heterocycles. The first-order valence-corrected chi connectivity index (χ1v) is 27.4. The van der Waals surface area contributed by atoms with Crippen molar-refractivity contribution in [1.29, 1.82) is 0 Å². The second-order valence-corrected chi connectivity index (χ2v) is 22.3. The number of carbonyl (C=O) groups is 1. The molecule has 2 fully saturated rings. The standard InChI is InChI=1S/C53H62FN7O6S3/c1-37-33-47(21-22-48(37)56-43(35-68-46-11-6-5-7-12-46)23-26-59-27-24-53(3,63)25-28-59)70(66,67)57-42-17-19-44(20-18-42)60-29-31-61(32-30-60)45-10-8-9-40(34-45)50-49(52(62)55-36-69(64)65)38(2)58(4)51(50)39-13-15-41(54)16-14-39/h5-22,33-34,43,56-57,63,69H,23-32,35-36H2,1-4H3,(H,55,62)/t43-/m1/s1. The molecule has 0 bridgehead atoms. The Balaban J connectivity index is 0.905. The summed E-state index contributed by atoms with van der Waals surface area (Å²) in [5, 5.41) is 16.7. The van der Waals surface area contributed by atoms with Crippen LogP contribution in [0, 0.1) is 19.7 Å². The van der Waals surface area contributed by atoms with Gasteiger partial charge in [-0.2, -0.15) is 0 Å². The summed E-state index contributed by atoms with van der Waals surface area (Å²) in [5.41, 5.74) is 7.30. The molecule has 0 spiro atoms. The lowest BCUT2D eigenvalue weighted by molar-refractivity contribution is -0.00556. The van der Waals surface area contributed by atoms with Gasteiger partial charge in [0.15, 0.2) is 10.7 Å². The van der Waals surface area contributed by atoms with Crippen molar-refractivity contribution in [2.45, 2.75) is 61.5 Å². The largest absolute Gasteiger partial charge is 0.390 e. The fraction of sp³-hybridized carbons (Fsp3) is 0.340. The first-order chi connectivity index (χ1) is 33.5. The maximum absolute atomic E-state index is 14.0. The van der Waals surface area contributed by atoms with E-state index in [4.69, 9.17) is 0 Å². The second-order valence-electron chi connectivity index (χ2n) is 18.5. The zero-order valence-electron chi connectivity index (χ0n) is 40.0. The Morgan fingerprint density at radius 3 is 2.14 bits per heavy atom. The molecule has 4 N–H and O–H groups in total. The van der Waals surface area contributed by atoms with E-state index in [9.17, 15) is 31.1 Å². The predicted octanol–water partition coefficient (Wildman–Crippen LogP) is 8.35. The first-order valence-electron chi connectivity index (χ1n) is 23.6. The number of piperazine rings is 1. The molecule has 1 amide bonds. The third-order valence-electron chi connectivity index (χ3n) is 13.5. The summed E-state index contributed by atoms with van der Waals surface area (Å²) < 4.78 is 69.0. The molecule has 0 aliphatic carbocycles. The molecule has 1 aromatic heterocycles. The first kappa shape index (κ1) is 50.5. The van der Waals surface area contributed by atoms with Crippen LogP contribution in [0.15, 0.2) is 131 Å². The minimum absolute atomic E-state index is 0.135. The molecule has 2 aliphatic heterocycles. The summed E-state index contributed by atoms with van der Waals surface area (Å²) >= 11 is 1.80. The Morgan fingerprint density at radius 2 is 1.49 bits per heavy atom. The number of halogens is 1. The van der Waals surface area contributed by atoms with Crippen LogP contribution in [0.4, 0.5) is 27.1 Å². The maximum Gasteiger partial charge on any atom is 0.261 e. The summed E-state index contributed by atoms with van der Waals surface area (Å²) in [5.74, 6) is -0.545. The lowest BCUT2D eigenvalue weighted by atomic mass is 9.94. The van der Waals surface area contributed by atoms with Crippen molar-refractivity contribution >= 4 is 61.1 Å². The van der Waals surface area contributed by atoms with Crippen molar-refractivity contribution in [1.82, 2.24) is 14.8 Å². The third kappa shape index (κ3) is 12.4. The van der Waals surface area contributed by atoms with Gasteiger partial charge in [0.2, 0.25) is 0 Å². The van der Waals surface area contributed by atoms with Gasteiger partial charge in [-0.05, 0) is 148 Å². The van der Waals surface area contributed by atoms with Gasteiger partial charge in [-0.1, -0.05) is 30.3 Å². The Hall–Kier alpha value is -5.85. The number of aryl methyl sites for hydroxylation is 1. The van der Waals surface area contributed by atoms with Crippen LogP contribution in [0.1, 0.15) is 47.8 Å². The van der Waals surface area contributed by atoms with E-state index in [0.717, 1.165) is 72.8 Å². The summed E-state index contributed by atoms with van der Waals surface area (Å²) in [6, 6.07) is 37.1. The quantitative estimate of drug-likeness (QED) is 0.0417. The van der Waals surface area contributed by atoms with Crippen LogP contribution in [0.3, 0.4) is 0 Å². The van der Waals surface area contributed by atoms with Crippen molar-refractivity contribution in [3.63, 3.8) is 0 Å². The average Bonchev–Trinajstić information content (AvgIpc) is 3.62. The number of amides is 1. The molecule has 70 heavy (non-hydrogen) atoms. The lowest BCUT2D eigenvalue weighted by Crippen LogP contribution is -2.46. The van der Waals surface area contributed by atoms with E-state index >= 15 is 0 Å². The zero-order valence-corrected chi connectivity index (χ0v) is 42.6. The molecule has 0 radical (unpaired) electrons. The minimum Gasteiger partial charge on any atom is -0.390 e. The van der Waals surface area contributed by atoms with E-state index in [2.05, 4.69) is 42.2 Å². The van der Waals surface area contributed by atoms with E-state index in [1.54, 1.807) is 55.1 Å². The van der Waals surface area contributed by atoms with Gasteiger partial charge in [-0.15, -0.1) is 11.8 Å². The number of nitrogens with one attached hydrogen (secondary N) is 3. The zero-order chi connectivity index (χ0) is 49.6. The molecule has 0 saturated carbocycles. The monoisotopic (exact) mass is 1010 g/mol. The van der Waals surface area contributed by atoms with Crippen molar-refractivity contribution in [3.8, 4) is 22.4 Å². The highest BCUT2D eigenvalue weighted by atomic mass is 32.2. The number of nitrogens with zero attached hydrogens (tertiary/aromatic N) is 4. The fourth-order valence-corrected chi connectivity index (χ4v) is 11.7. The van der Waals surface area contributed by atoms with Gasteiger partial charge in [0.05, 0.1) is 21.8 Å². The number of aromatic nitrogens is 1. The Morgan fingerprint density at radius 1 is 0.814 bits per heavy atom. The van der Waals surface area contributed by atoms with E-state index < -0.39 is 38.1 Å². The molecule has 0 unspecified atom stereocenters. The lowest BCUT2D eigenvalue weighted by Gasteiger charge is -2.37. The van der Waals surface area contributed by atoms with Crippen LogP contribution >= 0.6 is 11.8 Å². The number of hydrogen-bond donors (Lipinski definition) is 5. The van der Waals surface area contributed by atoms with Crippen molar-refractivity contribution < 1.29 is 31.1 Å². The highest BCUT2D eigenvalue weighted by molar-refractivity contribution is 7.99. The molecule has 2 saturated heterocycles. The minimum atomic E-state index is -3.89. The van der Waals surface area contributed by atoms with Crippen molar-refractivity contribution in [3.05, 3.63) is 144 Å². The van der Waals surface area contributed by atoms with Crippen LogP contribution in [0.5, 0.6) is 0 Å². The van der Waals surface area contributed by atoms with Gasteiger partial charge in [0.25, 0.3) is 15.9 Å². The van der Waals surface area contributed by atoms with Crippen LogP contribution in [-0.4, -0.2) is 106 Å². The summed E-state index contributed by atoms with van der Waals surface area (Å²) in [4.78, 5) is 21.9. The van der Waals surface area contributed by atoms with Crippen molar-refractivity contribution in [2.24, 2.45) is 7.05 Å². The summed E-state index contributed by atoms with van der Waals surface area (Å²) in [6.07, 6.45) is 2.43. The van der Waals surface area contributed by atoms with Gasteiger partial charge in [-0.3, -0.25) is 9.52 Å². The molecule has 370 valence electrons. The summed E-state index contributed by atoms with van der Waals surface area (Å²) in [6.45, 7) is 11.1. The Kier molecular flexibility index (Phi) is 15.9. The number of aliphatic hydroxyl groups is 1. The van der Waals surface area contributed by atoms with Crippen LogP contribution in [0.2, 0.25) is 0 Å². The predicted molar refractivity (Wildman–Crippen MR) is 282 cm³/mol. The number of benzene rings is 5. The average molecular weight is 1010 g/mol. The smallest absolute Gasteiger partial charge is 0.261 e. The van der Waals surface area contributed by atoms with Crippen LogP contribution < -0.4 is 25.2 Å². The number of thiol groups is 1. The van der Waals surface area contributed by atoms with Gasteiger partial charge in [0.1, 0.15) is 11.7 Å². The van der Waals surface area contributed by atoms with Gasteiger partial charge < -0.3 is 35.0 Å². The maximum atomic E-state index is 14.0. The molecule has 2 aliphatic rings. The normalized spacial score (nSPS) is 15.8. The molecule has 8 rings (SSSR count). The second kappa shape index (κ2) is 22.1. The molecule has 13 nitrogen and oxygen atoms in total. The molecular weight excluding hydrogens is 946 g/mol.